The molecular weight excluding hydrogens is 354 g/mol. The lowest BCUT2D eigenvalue weighted by molar-refractivity contribution is -0.955. The molecule has 1 N–H and O–H groups in total. The third-order valence-electron chi connectivity index (χ3n) is 5.64. The summed E-state index contributed by atoms with van der Waals surface area (Å²) in [5.41, 5.74) is -3.13. The maximum atomic E-state index is 12.6. The molecule has 0 amide bonds. The number of nitro groups is 2. The summed E-state index contributed by atoms with van der Waals surface area (Å²) in [4.78, 5) is 47.8. The molecule has 0 spiro atoms. The molecule has 0 radical (unpaired) electrons. The van der Waals surface area contributed by atoms with E-state index in [9.17, 15) is 29.8 Å². The number of ketones is 2. The van der Waals surface area contributed by atoms with E-state index in [2.05, 4.69) is 0 Å². The van der Waals surface area contributed by atoms with Crippen LogP contribution < -0.4 is 4.90 Å². The smallest absolute Gasteiger partial charge is 0.319 e. The number of rotatable bonds is 6. The van der Waals surface area contributed by atoms with E-state index < -0.39 is 38.4 Å². The third-order valence-corrected chi connectivity index (χ3v) is 5.64. The Balaban J connectivity index is 2.11. The highest BCUT2D eigenvalue weighted by Crippen LogP contribution is 2.42. The average Bonchev–Trinajstić information content (AvgIpc) is 2.59. The topological polar surface area (TPSA) is 125 Å². The van der Waals surface area contributed by atoms with E-state index >= 15 is 0 Å². The van der Waals surface area contributed by atoms with Crippen LogP contribution in [0.15, 0.2) is 42.5 Å². The van der Waals surface area contributed by atoms with E-state index in [0.717, 1.165) is 17.7 Å². The van der Waals surface area contributed by atoms with Crippen molar-refractivity contribution >= 4 is 11.6 Å². The lowest BCUT2D eigenvalue weighted by Gasteiger charge is -2.45. The number of fused-ring (bicyclic) bond motifs is 2. The fraction of sp³-hybridized carbons (Fsp3) is 0.444. The van der Waals surface area contributed by atoms with Crippen LogP contribution in [0.25, 0.3) is 0 Å². The van der Waals surface area contributed by atoms with Gasteiger partial charge in [0.1, 0.15) is 18.2 Å². The second kappa shape index (κ2) is 6.66. The fourth-order valence-electron chi connectivity index (χ4n) is 4.48. The summed E-state index contributed by atoms with van der Waals surface area (Å²) < 4.78 is 0. The molecule has 0 saturated carbocycles. The van der Waals surface area contributed by atoms with Gasteiger partial charge in [0, 0.05) is 27.9 Å². The van der Waals surface area contributed by atoms with Crippen molar-refractivity contribution in [1.29, 1.82) is 0 Å². The van der Waals surface area contributed by atoms with Gasteiger partial charge in [-0.25, -0.2) is 0 Å². The predicted molar refractivity (Wildman–Crippen MR) is 93.2 cm³/mol. The summed E-state index contributed by atoms with van der Waals surface area (Å²) in [6, 6.07) is 9.13. The molecule has 1 aromatic rings. The Morgan fingerprint density at radius 2 is 1.85 bits per heavy atom. The zero-order chi connectivity index (χ0) is 19.8. The highest BCUT2D eigenvalue weighted by Gasteiger charge is 2.76. The number of benzene rings is 1. The number of likely N-dealkylation sites (tertiary alicyclic amines) is 1. The maximum absolute atomic E-state index is 12.6. The number of quaternary nitrogens is 1. The molecule has 3 rings (SSSR count). The first-order chi connectivity index (χ1) is 12.7. The van der Waals surface area contributed by atoms with Crippen molar-refractivity contribution in [2.24, 2.45) is 5.92 Å². The van der Waals surface area contributed by atoms with Crippen molar-refractivity contribution in [2.75, 3.05) is 13.1 Å². The molecule has 0 aromatic heterocycles. The van der Waals surface area contributed by atoms with Crippen LogP contribution in [-0.2, 0) is 16.1 Å². The van der Waals surface area contributed by atoms with E-state index in [-0.39, 0.29) is 19.5 Å². The van der Waals surface area contributed by atoms with Gasteiger partial charge in [-0.3, -0.25) is 25.0 Å². The maximum Gasteiger partial charge on any atom is 0.340 e. The zero-order valence-electron chi connectivity index (χ0n) is 14.8. The first-order valence-electron chi connectivity index (χ1n) is 8.62. The highest BCUT2D eigenvalue weighted by atomic mass is 16.6. The summed E-state index contributed by atoms with van der Waals surface area (Å²) in [6.07, 6.45) is 1.74. The second-order valence-electron chi connectivity index (χ2n) is 7.35. The molecule has 1 aliphatic heterocycles. The quantitative estimate of drug-likeness (QED) is 0.545. The number of hydrogen-bond donors (Lipinski definition) is 1. The molecule has 1 heterocycles. The minimum absolute atomic E-state index is 0.0216. The van der Waals surface area contributed by atoms with Crippen LogP contribution in [0.2, 0.25) is 0 Å². The molecule has 1 aliphatic carbocycles. The van der Waals surface area contributed by atoms with Crippen molar-refractivity contribution in [1.82, 2.24) is 0 Å². The van der Waals surface area contributed by atoms with E-state index in [0.29, 0.717) is 11.4 Å². The Labute approximate surface area is 154 Å². The van der Waals surface area contributed by atoms with Crippen LogP contribution in [0.5, 0.6) is 0 Å². The predicted octanol–water partition coefficient (Wildman–Crippen LogP) is -0.150. The van der Waals surface area contributed by atoms with Crippen LogP contribution in [0, 0.1) is 26.1 Å². The Morgan fingerprint density at radius 1 is 1.19 bits per heavy atom. The molecule has 27 heavy (non-hydrogen) atoms. The van der Waals surface area contributed by atoms with Crippen LogP contribution in [-0.4, -0.2) is 45.6 Å². The van der Waals surface area contributed by atoms with Crippen molar-refractivity contribution < 1.29 is 24.3 Å². The minimum Gasteiger partial charge on any atom is -0.319 e. The van der Waals surface area contributed by atoms with Crippen LogP contribution in [0.1, 0.15) is 18.9 Å². The number of nitrogens with zero attached hydrogens (tertiary/aromatic N) is 2. The second-order valence-corrected chi connectivity index (χ2v) is 7.35. The van der Waals surface area contributed by atoms with Crippen molar-refractivity contribution in [3.8, 4) is 0 Å². The number of carbonyl (C=O) groups excluding carboxylic acids is 2. The molecule has 9 heteroatoms. The molecule has 4 atom stereocenters. The van der Waals surface area contributed by atoms with E-state index in [4.69, 9.17) is 0 Å². The first kappa shape index (κ1) is 18.8. The van der Waals surface area contributed by atoms with Gasteiger partial charge in [-0.2, -0.15) is 0 Å². The van der Waals surface area contributed by atoms with Gasteiger partial charge in [0.2, 0.25) is 5.78 Å². The SMILES string of the molecule is CC(=O)C[C@@H]1[C@@]2([N+](=O)[O-])C=CC(=O)[C@]1([N+](=O)[O-])C[NH+](Cc1ccccc1)C2. The zero-order valence-corrected chi connectivity index (χ0v) is 14.8. The number of Topliss-reactive ketones (excluding diaryl/α,β-unsaturated/α-hetero) is 1. The monoisotopic (exact) mass is 374 g/mol. The average molecular weight is 374 g/mol. The number of carbonyl (C=O) groups is 2. The molecule has 1 fully saturated rings. The number of hydrogen-bond acceptors (Lipinski definition) is 6. The molecule has 2 aliphatic rings. The molecule has 9 nitrogen and oxygen atoms in total. The molecule has 2 bridgehead atoms. The first-order valence-corrected chi connectivity index (χ1v) is 8.62. The Bertz CT molecular complexity index is 839. The Morgan fingerprint density at radius 3 is 2.41 bits per heavy atom. The summed E-state index contributed by atoms with van der Waals surface area (Å²) in [7, 11) is 0. The van der Waals surface area contributed by atoms with Gasteiger partial charge in [0.25, 0.3) is 5.54 Å². The molecule has 1 saturated heterocycles. The molecule has 1 unspecified atom stereocenters. The van der Waals surface area contributed by atoms with E-state index in [1.165, 1.54) is 6.92 Å². The summed E-state index contributed by atoms with van der Waals surface area (Å²) in [5.74, 6) is -2.49. The Kier molecular flexibility index (Phi) is 4.64. The highest BCUT2D eigenvalue weighted by molar-refractivity contribution is 5.99. The summed E-state index contributed by atoms with van der Waals surface area (Å²) in [5, 5.41) is 24.1. The van der Waals surface area contributed by atoms with Gasteiger partial charge >= 0.3 is 5.54 Å². The normalized spacial score (nSPS) is 32.1. The third kappa shape index (κ3) is 2.93. The largest absolute Gasteiger partial charge is 0.340 e. The van der Waals surface area contributed by atoms with Crippen LogP contribution in [0.4, 0.5) is 0 Å². The van der Waals surface area contributed by atoms with Crippen LogP contribution >= 0.6 is 0 Å². The summed E-state index contributed by atoms with van der Waals surface area (Å²) >= 11 is 0. The van der Waals surface area contributed by atoms with Gasteiger partial charge in [0.05, 0.1) is 0 Å². The van der Waals surface area contributed by atoms with E-state index in [1.54, 1.807) is 0 Å². The van der Waals surface area contributed by atoms with Gasteiger partial charge in [-0.1, -0.05) is 30.3 Å². The van der Waals surface area contributed by atoms with E-state index in [1.807, 2.05) is 30.3 Å². The lowest BCUT2D eigenvalue weighted by atomic mass is 9.61. The summed E-state index contributed by atoms with van der Waals surface area (Å²) in [6.45, 7) is 1.34. The van der Waals surface area contributed by atoms with Crippen molar-refractivity contribution in [2.45, 2.75) is 31.0 Å². The lowest BCUT2D eigenvalue weighted by Crippen LogP contribution is -3.18. The number of nitrogens with one attached hydrogen (secondary N) is 1. The fourth-order valence-corrected chi connectivity index (χ4v) is 4.48. The molecular formula is C18H20N3O6+. The molecule has 142 valence electrons. The standard InChI is InChI=1S/C18H19N3O6/c1-13(22)9-15-17(20(24)25)8-7-16(23)18(15,21(26)27)12-19(11-17)10-14-5-3-2-4-6-14/h2-8,15H,9-12H2,1H3/p+1/t15-,17-,18+/m1/s1. The van der Waals surface area contributed by atoms with Crippen molar-refractivity contribution in [3.05, 3.63) is 68.3 Å². The van der Waals surface area contributed by atoms with Crippen molar-refractivity contribution in [3.63, 3.8) is 0 Å². The van der Waals surface area contributed by atoms with Gasteiger partial charge in [-0.05, 0) is 13.0 Å². The minimum atomic E-state index is -2.17. The van der Waals surface area contributed by atoms with Gasteiger partial charge < -0.3 is 9.69 Å². The van der Waals surface area contributed by atoms with Crippen LogP contribution in [0.3, 0.4) is 0 Å². The van der Waals surface area contributed by atoms with Gasteiger partial charge in [0.15, 0.2) is 13.1 Å². The number of piperidine rings is 1. The van der Waals surface area contributed by atoms with Gasteiger partial charge in [-0.15, -0.1) is 0 Å². The molecule has 1 aromatic carbocycles. The Hall–Kier alpha value is -2.94.